The largest absolute Gasteiger partial charge is 0.491 e. The van der Waals surface area contributed by atoms with E-state index in [4.69, 9.17) is 9.47 Å². The molecule has 0 saturated carbocycles. The van der Waals surface area contributed by atoms with Crippen molar-refractivity contribution >= 4 is 16.1 Å². The van der Waals surface area contributed by atoms with Gasteiger partial charge < -0.3 is 14.4 Å². The second-order valence-corrected chi connectivity index (χ2v) is 10.3. The first-order valence-corrected chi connectivity index (χ1v) is 11.4. The van der Waals surface area contributed by atoms with Gasteiger partial charge in [0.25, 0.3) is 0 Å². The number of nitrogens with one attached hydrogen (secondary N) is 1. The van der Waals surface area contributed by atoms with Crippen molar-refractivity contribution in [1.29, 1.82) is 0 Å². The first-order valence-electron chi connectivity index (χ1n) is 9.55. The van der Waals surface area contributed by atoms with Gasteiger partial charge >= 0.3 is 6.09 Å². The molecule has 0 spiro atoms. The molecule has 1 amide bonds. The number of rotatable bonds is 6. The molecule has 8 heteroatoms. The molecular weight excluding hydrogens is 380 g/mol. The Bertz CT molecular complexity index is 769. The lowest BCUT2D eigenvalue weighted by molar-refractivity contribution is 0.0176. The lowest BCUT2D eigenvalue weighted by Gasteiger charge is -2.30. The Hall–Kier alpha value is -1.80. The van der Waals surface area contributed by atoms with Crippen LogP contribution in [0.1, 0.15) is 52.5 Å². The summed E-state index contributed by atoms with van der Waals surface area (Å²) in [4.78, 5) is 14.1. The average molecular weight is 413 g/mol. The fraction of sp³-hybridized carbons (Fsp3) is 0.650. The smallest absolute Gasteiger partial charge is 0.410 e. The molecular formula is C20H32N2O5S. The van der Waals surface area contributed by atoms with Gasteiger partial charge in [0.2, 0.25) is 10.0 Å². The highest BCUT2D eigenvalue weighted by atomic mass is 32.2. The van der Waals surface area contributed by atoms with E-state index in [1.807, 2.05) is 24.3 Å². The highest BCUT2D eigenvalue weighted by molar-refractivity contribution is 7.88. The van der Waals surface area contributed by atoms with Crippen molar-refractivity contribution in [3.8, 4) is 5.75 Å². The number of ether oxygens (including phenoxy) is 2. The van der Waals surface area contributed by atoms with E-state index in [0.717, 1.165) is 6.26 Å². The van der Waals surface area contributed by atoms with Crippen LogP contribution in [0.25, 0.3) is 0 Å². The highest BCUT2D eigenvalue weighted by Crippen LogP contribution is 2.24. The lowest BCUT2D eigenvalue weighted by atomic mass is 10.0. The maximum absolute atomic E-state index is 12.6. The SMILES string of the molecule is CC(C)c1ccc(OC[C@H]2[C@@H](NS(C)(=O)=O)CCN2C(=O)OC(C)(C)C)cc1. The van der Waals surface area contributed by atoms with Crippen LogP contribution in [0.2, 0.25) is 0 Å². The zero-order valence-corrected chi connectivity index (χ0v) is 18.4. The Kier molecular flexibility index (Phi) is 6.98. The molecule has 2 rings (SSSR count). The number of benzene rings is 1. The number of likely N-dealkylation sites (tertiary alicyclic amines) is 1. The van der Waals surface area contributed by atoms with Gasteiger partial charge in [-0.05, 0) is 50.8 Å². The van der Waals surface area contributed by atoms with Crippen molar-refractivity contribution < 1.29 is 22.7 Å². The minimum absolute atomic E-state index is 0.174. The van der Waals surface area contributed by atoms with Crippen LogP contribution in [0.3, 0.4) is 0 Å². The van der Waals surface area contributed by atoms with Crippen LogP contribution >= 0.6 is 0 Å². The van der Waals surface area contributed by atoms with Crippen LogP contribution in [-0.4, -0.2) is 56.5 Å². The molecule has 1 aromatic rings. The van der Waals surface area contributed by atoms with Gasteiger partial charge in [0.05, 0.1) is 12.3 Å². The van der Waals surface area contributed by atoms with Gasteiger partial charge in [-0.15, -0.1) is 0 Å². The van der Waals surface area contributed by atoms with Crippen LogP contribution in [0.15, 0.2) is 24.3 Å². The minimum Gasteiger partial charge on any atom is -0.491 e. The van der Waals surface area contributed by atoms with Gasteiger partial charge in [-0.3, -0.25) is 0 Å². The normalized spacial score (nSPS) is 20.5. The third-order valence-electron chi connectivity index (χ3n) is 4.51. The molecule has 0 unspecified atom stereocenters. The van der Waals surface area contributed by atoms with E-state index >= 15 is 0 Å². The van der Waals surface area contributed by atoms with Crippen molar-refractivity contribution in [3.63, 3.8) is 0 Å². The Balaban J connectivity index is 2.13. The number of carbonyl (C=O) groups excluding carboxylic acids is 1. The fourth-order valence-corrected chi connectivity index (χ4v) is 3.97. The summed E-state index contributed by atoms with van der Waals surface area (Å²) in [7, 11) is -3.41. The third-order valence-corrected chi connectivity index (χ3v) is 5.24. The monoisotopic (exact) mass is 412 g/mol. The summed E-state index contributed by atoms with van der Waals surface area (Å²) in [5.41, 5.74) is 0.581. The van der Waals surface area contributed by atoms with E-state index in [0.29, 0.717) is 24.6 Å². The molecule has 1 heterocycles. The molecule has 1 saturated heterocycles. The maximum atomic E-state index is 12.6. The van der Waals surface area contributed by atoms with Crippen LogP contribution in [0.4, 0.5) is 4.79 Å². The molecule has 1 aliphatic rings. The van der Waals surface area contributed by atoms with Gasteiger partial charge in [-0.1, -0.05) is 26.0 Å². The molecule has 2 atom stereocenters. The second kappa shape index (κ2) is 8.69. The Morgan fingerprint density at radius 2 is 1.86 bits per heavy atom. The van der Waals surface area contributed by atoms with Crippen LogP contribution in [0.5, 0.6) is 5.75 Å². The van der Waals surface area contributed by atoms with Crippen molar-refractivity contribution in [2.45, 2.75) is 64.6 Å². The number of hydrogen-bond acceptors (Lipinski definition) is 5. The van der Waals surface area contributed by atoms with E-state index in [1.165, 1.54) is 5.56 Å². The lowest BCUT2D eigenvalue weighted by Crippen LogP contribution is -2.50. The molecule has 1 N–H and O–H groups in total. The molecule has 1 aliphatic heterocycles. The summed E-state index contributed by atoms with van der Waals surface area (Å²) >= 11 is 0. The van der Waals surface area contributed by atoms with E-state index < -0.39 is 33.8 Å². The van der Waals surface area contributed by atoms with Crippen molar-refractivity contribution in [1.82, 2.24) is 9.62 Å². The number of amides is 1. The predicted molar refractivity (Wildman–Crippen MR) is 109 cm³/mol. The summed E-state index contributed by atoms with van der Waals surface area (Å²) in [6.07, 6.45) is 1.16. The third kappa shape index (κ3) is 6.67. The predicted octanol–water partition coefficient (Wildman–Crippen LogP) is 3.12. The van der Waals surface area contributed by atoms with E-state index in [9.17, 15) is 13.2 Å². The van der Waals surface area contributed by atoms with E-state index in [2.05, 4.69) is 18.6 Å². The van der Waals surface area contributed by atoms with Crippen molar-refractivity contribution in [2.75, 3.05) is 19.4 Å². The number of hydrogen-bond donors (Lipinski definition) is 1. The van der Waals surface area contributed by atoms with Crippen LogP contribution in [-0.2, 0) is 14.8 Å². The molecule has 7 nitrogen and oxygen atoms in total. The Labute approximate surface area is 168 Å². The van der Waals surface area contributed by atoms with Gasteiger partial charge in [-0.25, -0.2) is 17.9 Å². The number of carbonyl (C=O) groups is 1. The zero-order valence-electron chi connectivity index (χ0n) is 17.6. The minimum atomic E-state index is -3.41. The summed E-state index contributed by atoms with van der Waals surface area (Å²) in [6, 6.07) is 6.92. The van der Waals surface area contributed by atoms with Crippen molar-refractivity contribution in [3.05, 3.63) is 29.8 Å². The summed E-state index contributed by atoms with van der Waals surface area (Å²) in [6.45, 7) is 10.2. The summed E-state index contributed by atoms with van der Waals surface area (Å²) < 4.78 is 37.4. The molecule has 28 heavy (non-hydrogen) atoms. The quantitative estimate of drug-likeness (QED) is 0.776. The fourth-order valence-electron chi connectivity index (χ4n) is 3.15. The van der Waals surface area contributed by atoms with Gasteiger partial charge in [-0.2, -0.15) is 0 Å². The first-order chi connectivity index (χ1) is 12.9. The molecule has 1 aromatic carbocycles. The highest BCUT2D eigenvalue weighted by Gasteiger charge is 2.40. The first kappa shape index (κ1) is 22.5. The number of nitrogens with zero attached hydrogens (tertiary/aromatic N) is 1. The zero-order chi connectivity index (χ0) is 21.1. The van der Waals surface area contributed by atoms with Crippen molar-refractivity contribution in [2.24, 2.45) is 0 Å². The van der Waals surface area contributed by atoms with Gasteiger partial charge in [0.15, 0.2) is 0 Å². The van der Waals surface area contributed by atoms with E-state index in [-0.39, 0.29) is 6.61 Å². The molecule has 158 valence electrons. The second-order valence-electron chi connectivity index (χ2n) is 8.56. The Morgan fingerprint density at radius 1 is 1.25 bits per heavy atom. The summed E-state index contributed by atoms with van der Waals surface area (Å²) in [5.74, 6) is 1.11. The number of sulfonamides is 1. The molecule has 0 aliphatic carbocycles. The molecule has 0 bridgehead atoms. The van der Waals surface area contributed by atoms with Gasteiger partial charge in [0.1, 0.15) is 18.0 Å². The standard InChI is InChI=1S/C20H32N2O5S/c1-14(2)15-7-9-16(10-8-15)26-13-18-17(21-28(6,24)25)11-12-22(18)19(23)27-20(3,4)5/h7-10,14,17-18,21H,11-13H2,1-6H3/t17-,18-/m0/s1. The van der Waals surface area contributed by atoms with Crippen LogP contribution < -0.4 is 9.46 Å². The topological polar surface area (TPSA) is 84.9 Å². The molecule has 0 radical (unpaired) electrons. The molecule has 0 aromatic heterocycles. The Morgan fingerprint density at radius 3 is 2.36 bits per heavy atom. The molecule has 1 fully saturated rings. The average Bonchev–Trinajstić information content (AvgIpc) is 2.92. The van der Waals surface area contributed by atoms with E-state index in [1.54, 1.807) is 25.7 Å². The van der Waals surface area contributed by atoms with Crippen LogP contribution in [0, 0.1) is 0 Å². The summed E-state index contributed by atoms with van der Waals surface area (Å²) in [5, 5.41) is 0. The van der Waals surface area contributed by atoms with Gasteiger partial charge in [0, 0.05) is 12.6 Å². The maximum Gasteiger partial charge on any atom is 0.410 e.